The van der Waals surface area contributed by atoms with Gasteiger partial charge in [0.05, 0.1) is 111 Å². The maximum atomic E-state index is 12.1. The molecule has 0 unspecified atom stereocenters. The van der Waals surface area contributed by atoms with Crippen LogP contribution in [0.3, 0.4) is 0 Å². The Bertz CT molecular complexity index is 1250. The number of Topliss-reactive ketones (excluding diaryl/α,β-unsaturated/α-hetero) is 1. The summed E-state index contributed by atoms with van der Waals surface area (Å²) in [4.78, 5) is 75.3. The molecule has 21 heteroatoms. The van der Waals surface area contributed by atoms with Crippen molar-refractivity contribution in [1.29, 1.82) is 0 Å². The summed E-state index contributed by atoms with van der Waals surface area (Å²) in [5.74, 6) is -1.28. The van der Waals surface area contributed by atoms with E-state index in [4.69, 9.17) is 48.5 Å². The fourth-order valence-electron chi connectivity index (χ4n) is 5.19. The SMILES string of the molecule is CCCCNC(=O)CCOCCOCCOCCOCCNC(=O)CC/C(C)=N\OCC(=O)NCCOCCOCCOCCOCCC(=O)NCCCC[C@H](CCC(C)=O)C(N)=O. The van der Waals surface area contributed by atoms with E-state index in [1.54, 1.807) is 6.92 Å². The molecule has 0 aromatic rings. The molecule has 21 nitrogen and oxygen atoms in total. The average Bonchev–Trinajstić information content (AvgIpc) is 3.26. The fraction of sp³-hybridized carbons (Fsp3) is 0.837. The fourth-order valence-corrected chi connectivity index (χ4v) is 5.19. The highest BCUT2D eigenvalue weighted by Crippen LogP contribution is 2.14. The first-order chi connectivity index (χ1) is 31.0. The Labute approximate surface area is 379 Å². The number of carbonyl (C=O) groups excluding carboxylic acids is 6. The summed E-state index contributed by atoms with van der Waals surface area (Å²) in [5, 5.41) is 15.0. The molecular formula is C43H80N6O15. The summed E-state index contributed by atoms with van der Waals surface area (Å²) in [6.45, 7) is 12.9. The number of amides is 5. The van der Waals surface area contributed by atoms with Crippen LogP contribution in [0.25, 0.3) is 0 Å². The van der Waals surface area contributed by atoms with E-state index >= 15 is 0 Å². The van der Waals surface area contributed by atoms with E-state index < -0.39 is 5.91 Å². The summed E-state index contributed by atoms with van der Waals surface area (Å²) < 4.78 is 43.5. The van der Waals surface area contributed by atoms with Gasteiger partial charge in [0.2, 0.25) is 23.6 Å². The number of hydrogen-bond donors (Lipinski definition) is 5. The van der Waals surface area contributed by atoms with Crippen molar-refractivity contribution in [1.82, 2.24) is 21.3 Å². The second-order valence-electron chi connectivity index (χ2n) is 14.6. The van der Waals surface area contributed by atoms with Crippen LogP contribution in [0.1, 0.15) is 91.4 Å². The number of ether oxygens (including phenoxy) is 8. The van der Waals surface area contributed by atoms with Crippen molar-refractivity contribution < 1.29 is 71.5 Å². The van der Waals surface area contributed by atoms with E-state index in [2.05, 4.69) is 33.3 Å². The molecule has 372 valence electrons. The zero-order valence-corrected chi connectivity index (χ0v) is 38.9. The van der Waals surface area contributed by atoms with Gasteiger partial charge in [-0.3, -0.25) is 24.0 Å². The summed E-state index contributed by atoms with van der Waals surface area (Å²) >= 11 is 0. The molecule has 0 bridgehead atoms. The van der Waals surface area contributed by atoms with Gasteiger partial charge in [-0.2, -0.15) is 0 Å². The van der Waals surface area contributed by atoms with Gasteiger partial charge in [-0.15, -0.1) is 0 Å². The number of carbonyl (C=O) groups is 6. The molecule has 0 rings (SSSR count). The number of nitrogens with two attached hydrogens (primary N) is 1. The number of oxime groups is 1. The molecular weight excluding hydrogens is 840 g/mol. The Kier molecular flexibility index (Phi) is 43.0. The first-order valence-electron chi connectivity index (χ1n) is 22.7. The zero-order chi connectivity index (χ0) is 47.1. The second-order valence-corrected chi connectivity index (χ2v) is 14.6. The number of rotatable bonds is 48. The van der Waals surface area contributed by atoms with Crippen molar-refractivity contribution in [3.05, 3.63) is 0 Å². The van der Waals surface area contributed by atoms with Crippen LogP contribution in [0.15, 0.2) is 5.16 Å². The van der Waals surface area contributed by atoms with Gasteiger partial charge in [-0.1, -0.05) is 24.9 Å². The quantitative estimate of drug-likeness (QED) is 0.0323. The normalized spacial score (nSPS) is 11.8. The topological polar surface area (TPSA) is 272 Å². The molecule has 0 radical (unpaired) electrons. The molecule has 1 atom stereocenters. The lowest BCUT2D eigenvalue weighted by Crippen LogP contribution is -2.30. The summed E-state index contributed by atoms with van der Waals surface area (Å²) in [5.41, 5.74) is 5.99. The third-order valence-electron chi connectivity index (χ3n) is 8.85. The number of nitrogens with one attached hydrogen (secondary N) is 4. The number of nitrogens with zero attached hydrogens (tertiary/aromatic N) is 1. The molecule has 5 amide bonds. The van der Waals surface area contributed by atoms with E-state index in [9.17, 15) is 28.8 Å². The van der Waals surface area contributed by atoms with Crippen LogP contribution < -0.4 is 27.0 Å². The Morgan fingerprint density at radius 1 is 0.453 bits per heavy atom. The summed E-state index contributed by atoms with van der Waals surface area (Å²) in [7, 11) is 0. The Hall–Kier alpha value is -3.83. The van der Waals surface area contributed by atoms with Crippen LogP contribution in [-0.4, -0.2) is 180 Å². The molecule has 0 aliphatic rings. The standard InChI is InChI=1S/C43H80N6O15/c1-4-5-15-45-40(52)13-19-56-23-27-60-31-33-62-29-25-58-21-17-47-39(51)12-9-36(2)49-64-35-42(54)48-18-22-59-26-30-63-34-32-61-28-24-57-20-14-41(53)46-16-7-6-8-38(43(44)55)11-10-37(3)50/h38H,4-35H2,1-3H3,(H2,44,55)(H,45,52)(H,46,53)(H,47,51)(H,48,54)/b49-36-/t38-/m1/s1. The van der Waals surface area contributed by atoms with E-state index in [1.807, 2.05) is 0 Å². The maximum absolute atomic E-state index is 12.1. The lowest BCUT2D eigenvalue weighted by molar-refractivity contribution is -0.126. The van der Waals surface area contributed by atoms with Gasteiger partial charge in [0.15, 0.2) is 6.61 Å². The van der Waals surface area contributed by atoms with Gasteiger partial charge >= 0.3 is 0 Å². The third-order valence-corrected chi connectivity index (χ3v) is 8.85. The average molecular weight is 921 g/mol. The molecule has 0 aromatic heterocycles. The summed E-state index contributed by atoms with van der Waals surface area (Å²) in [6, 6.07) is 0. The van der Waals surface area contributed by atoms with Crippen molar-refractivity contribution >= 4 is 41.0 Å². The van der Waals surface area contributed by atoms with Gasteiger partial charge in [0, 0.05) is 57.8 Å². The number of unbranched alkanes of at least 4 members (excludes halogenated alkanes) is 2. The van der Waals surface area contributed by atoms with E-state index in [0.29, 0.717) is 163 Å². The highest BCUT2D eigenvalue weighted by atomic mass is 16.6. The van der Waals surface area contributed by atoms with Crippen LogP contribution in [0.5, 0.6) is 0 Å². The van der Waals surface area contributed by atoms with E-state index in [-0.39, 0.29) is 61.4 Å². The Balaban J connectivity index is 3.50. The molecule has 6 N–H and O–H groups in total. The Morgan fingerprint density at radius 2 is 0.859 bits per heavy atom. The molecule has 0 spiro atoms. The smallest absolute Gasteiger partial charge is 0.260 e. The minimum Gasteiger partial charge on any atom is -0.386 e. The van der Waals surface area contributed by atoms with Gasteiger partial charge in [-0.25, -0.2) is 0 Å². The van der Waals surface area contributed by atoms with Crippen molar-refractivity contribution in [3.8, 4) is 0 Å². The maximum Gasteiger partial charge on any atom is 0.260 e. The second kappa shape index (κ2) is 45.7. The Morgan fingerprint density at radius 3 is 1.31 bits per heavy atom. The van der Waals surface area contributed by atoms with Crippen molar-refractivity contribution in [2.45, 2.75) is 91.4 Å². The molecule has 0 aliphatic heterocycles. The highest BCUT2D eigenvalue weighted by Gasteiger charge is 2.15. The number of hydrogen-bond acceptors (Lipinski definition) is 16. The van der Waals surface area contributed by atoms with Crippen LogP contribution in [0.4, 0.5) is 0 Å². The first-order valence-corrected chi connectivity index (χ1v) is 22.7. The molecule has 0 saturated carbocycles. The third kappa shape index (κ3) is 44.8. The van der Waals surface area contributed by atoms with Gasteiger partial charge in [0.25, 0.3) is 5.91 Å². The van der Waals surface area contributed by atoms with E-state index in [1.165, 1.54) is 6.92 Å². The predicted octanol–water partition coefficient (Wildman–Crippen LogP) is 0.978. The number of primary amides is 1. The van der Waals surface area contributed by atoms with E-state index in [0.717, 1.165) is 25.7 Å². The van der Waals surface area contributed by atoms with Gasteiger partial charge < -0.3 is 74.5 Å². The lowest BCUT2D eigenvalue weighted by Gasteiger charge is -2.12. The van der Waals surface area contributed by atoms with Gasteiger partial charge in [0.1, 0.15) is 5.78 Å². The number of ketones is 1. The minimum atomic E-state index is -0.391. The van der Waals surface area contributed by atoms with Crippen LogP contribution in [0.2, 0.25) is 0 Å². The molecule has 0 fully saturated rings. The molecule has 0 heterocycles. The molecule has 0 saturated heterocycles. The van der Waals surface area contributed by atoms with Crippen LogP contribution in [-0.2, 0) is 71.5 Å². The molecule has 0 aromatic carbocycles. The van der Waals surface area contributed by atoms with Crippen LogP contribution in [0, 0.1) is 5.92 Å². The lowest BCUT2D eigenvalue weighted by atomic mass is 9.95. The van der Waals surface area contributed by atoms with Crippen molar-refractivity contribution in [2.24, 2.45) is 16.8 Å². The monoisotopic (exact) mass is 921 g/mol. The highest BCUT2D eigenvalue weighted by molar-refractivity contribution is 5.86. The van der Waals surface area contributed by atoms with Gasteiger partial charge in [-0.05, 0) is 46.0 Å². The van der Waals surface area contributed by atoms with Crippen molar-refractivity contribution in [3.63, 3.8) is 0 Å². The minimum absolute atomic E-state index is 0.000462. The molecule has 64 heavy (non-hydrogen) atoms. The largest absolute Gasteiger partial charge is 0.386 e. The predicted molar refractivity (Wildman–Crippen MR) is 237 cm³/mol. The first kappa shape index (κ1) is 60.2. The molecule has 0 aliphatic carbocycles. The van der Waals surface area contributed by atoms with Crippen molar-refractivity contribution in [2.75, 3.05) is 138 Å². The summed E-state index contributed by atoms with van der Waals surface area (Å²) in [6.07, 6.45) is 6.07. The zero-order valence-electron chi connectivity index (χ0n) is 38.9. The van der Waals surface area contributed by atoms with Crippen LogP contribution >= 0.6 is 0 Å².